The molecule has 2 aromatic rings. The largest absolute Gasteiger partial charge is 0.354 e. The molecule has 2 aromatic carbocycles. The van der Waals surface area contributed by atoms with Gasteiger partial charge >= 0.3 is 5.97 Å². The van der Waals surface area contributed by atoms with E-state index in [-0.39, 0.29) is 11.1 Å². The molecule has 3 amide bonds. The Labute approximate surface area is 143 Å². The predicted molar refractivity (Wildman–Crippen MR) is 86.4 cm³/mol. The molecule has 0 radical (unpaired) electrons. The number of carbonyl (C=O) groups excluding carboxylic acids is 4. The van der Waals surface area contributed by atoms with Crippen LogP contribution < -0.4 is 5.32 Å². The van der Waals surface area contributed by atoms with E-state index < -0.39 is 29.7 Å². The average molecular weight is 338 g/mol. The van der Waals surface area contributed by atoms with Crippen LogP contribution in [0.5, 0.6) is 0 Å². The molecule has 1 atom stereocenters. The van der Waals surface area contributed by atoms with Crippen molar-refractivity contribution in [3.05, 3.63) is 71.3 Å². The van der Waals surface area contributed by atoms with E-state index in [1.54, 1.807) is 42.5 Å². The zero-order chi connectivity index (χ0) is 18.0. The third-order valence-corrected chi connectivity index (χ3v) is 3.68. The van der Waals surface area contributed by atoms with Crippen molar-refractivity contribution in [2.24, 2.45) is 0 Å². The van der Waals surface area contributed by atoms with E-state index in [4.69, 9.17) is 4.84 Å². The molecule has 0 saturated heterocycles. The molecule has 1 N–H and O–H groups in total. The van der Waals surface area contributed by atoms with Gasteiger partial charge in [0.25, 0.3) is 17.7 Å². The average Bonchev–Trinajstić information content (AvgIpc) is 2.87. The highest BCUT2D eigenvalue weighted by Crippen LogP contribution is 2.22. The molecule has 25 heavy (non-hydrogen) atoms. The van der Waals surface area contributed by atoms with Crippen molar-refractivity contribution in [1.29, 1.82) is 0 Å². The summed E-state index contributed by atoms with van der Waals surface area (Å²) in [5, 5.41) is 2.87. The van der Waals surface area contributed by atoms with Gasteiger partial charge in [-0.05, 0) is 31.2 Å². The number of amides is 3. The second-order valence-electron chi connectivity index (χ2n) is 5.42. The van der Waals surface area contributed by atoms with E-state index in [9.17, 15) is 19.2 Å². The highest BCUT2D eigenvalue weighted by molar-refractivity contribution is 6.21. The number of hydrogen-bond acceptors (Lipinski definition) is 5. The third kappa shape index (κ3) is 3.12. The van der Waals surface area contributed by atoms with Crippen LogP contribution in [0.15, 0.2) is 54.6 Å². The fourth-order valence-electron chi connectivity index (χ4n) is 2.35. The Bertz CT molecular complexity index is 828. The monoisotopic (exact) mass is 338 g/mol. The standard InChI is InChI=1S/C18H14N2O5/c1-11(19-15(21)12-7-3-2-4-8-12)18(24)25-20-16(22)13-9-5-6-10-14(13)17(20)23/h2-11H,1H3,(H,19,21). The SMILES string of the molecule is CC(NC(=O)c1ccccc1)C(=O)ON1C(=O)c2ccccc2C1=O. The molecule has 7 nitrogen and oxygen atoms in total. The number of imide groups is 1. The molecule has 1 unspecified atom stereocenters. The molecule has 126 valence electrons. The Hall–Kier alpha value is -3.48. The van der Waals surface area contributed by atoms with Gasteiger partial charge in [0, 0.05) is 5.56 Å². The lowest BCUT2D eigenvalue weighted by Gasteiger charge is -2.17. The number of carbonyl (C=O) groups is 4. The Balaban J connectivity index is 1.66. The summed E-state index contributed by atoms with van der Waals surface area (Å²) in [6.07, 6.45) is 0. The van der Waals surface area contributed by atoms with Gasteiger partial charge in [0.15, 0.2) is 0 Å². The maximum Gasteiger partial charge on any atom is 0.354 e. The number of nitrogens with one attached hydrogen (secondary N) is 1. The maximum absolute atomic E-state index is 12.1. The second kappa shape index (κ2) is 6.56. The van der Waals surface area contributed by atoms with Crippen LogP contribution in [0.4, 0.5) is 0 Å². The molecule has 1 aliphatic rings. The number of nitrogens with zero attached hydrogens (tertiary/aromatic N) is 1. The van der Waals surface area contributed by atoms with Crippen LogP contribution in [0.25, 0.3) is 0 Å². The first-order valence-electron chi connectivity index (χ1n) is 7.54. The summed E-state index contributed by atoms with van der Waals surface area (Å²) in [7, 11) is 0. The van der Waals surface area contributed by atoms with E-state index >= 15 is 0 Å². The summed E-state index contributed by atoms with van der Waals surface area (Å²) in [6.45, 7) is 1.40. The molecular weight excluding hydrogens is 324 g/mol. The Morgan fingerprint density at radius 1 is 0.920 bits per heavy atom. The molecule has 0 fully saturated rings. The molecule has 3 rings (SSSR count). The third-order valence-electron chi connectivity index (χ3n) is 3.68. The summed E-state index contributed by atoms with van der Waals surface area (Å²) in [4.78, 5) is 53.4. The highest BCUT2D eigenvalue weighted by atomic mass is 16.7. The van der Waals surface area contributed by atoms with Gasteiger partial charge in [-0.25, -0.2) is 4.79 Å². The number of benzene rings is 2. The first kappa shape index (κ1) is 16.4. The number of fused-ring (bicyclic) bond motifs is 1. The van der Waals surface area contributed by atoms with Gasteiger partial charge in [-0.2, -0.15) is 0 Å². The van der Waals surface area contributed by atoms with Crippen LogP contribution in [0.3, 0.4) is 0 Å². The molecule has 0 aliphatic carbocycles. The van der Waals surface area contributed by atoms with Gasteiger partial charge < -0.3 is 10.2 Å². The maximum atomic E-state index is 12.1. The number of rotatable bonds is 4. The summed E-state index contributed by atoms with van der Waals surface area (Å²) in [6, 6.07) is 13.5. The first-order valence-corrected chi connectivity index (χ1v) is 7.54. The van der Waals surface area contributed by atoms with E-state index in [0.29, 0.717) is 10.6 Å². The highest BCUT2D eigenvalue weighted by Gasteiger charge is 2.39. The van der Waals surface area contributed by atoms with Crippen molar-refractivity contribution in [1.82, 2.24) is 10.4 Å². The minimum Gasteiger partial charge on any atom is -0.339 e. The molecule has 1 aliphatic heterocycles. The summed E-state index contributed by atoms with van der Waals surface area (Å²) in [5.41, 5.74) is 0.713. The fourth-order valence-corrected chi connectivity index (χ4v) is 2.35. The van der Waals surface area contributed by atoms with E-state index in [2.05, 4.69) is 5.32 Å². The van der Waals surface area contributed by atoms with Gasteiger partial charge in [0.05, 0.1) is 11.1 Å². The van der Waals surface area contributed by atoms with Gasteiger partial charge in [-0.15, -0.1) is 0 Å². The van der Waals surface area contributed by atoms with E-state index in [0.717, 1.165) is 0 Å². The molecule has 1 heterocycles. The van der Waals surface area contributed by atoms with Crippen molar-refractivity contribution in [3.8, 4) is 0 Å². The Kier molecular flexibility index (Phi) is 4.30. The zero-order valence-electron chi connectivity index (χ0n) is 13.3. The lowest BCUT2D eigenvalue weighted by atomic mass is 10.1. The van der Waals surface area contributed by atoms with Crippen LogP contribution in [0, 0.1) is 0 Å². The normalized spacial score (nSPS) is 14.0. The van der Waals surface area contributed by atoms with Gasteiger partial charge in [0.2, 0.25) is 0 Å². The van der Waals surface area contributed by atoms with Crippen LogP contribution in [-0.2, 0) is 9.63 Å². The lowest BCUT2D eigenvalue weighted by molar-refractivity contribution is -0.170. The molecule has 0 saturated carbocycles. The van der Waals surface area contributed by atoms with Crippen LogP contribution in [0.2, 0.25) is 0 Å². The molecule has 0 bridgehead atoms. The fraction of sp³-hybridized carbons (Fsp3) is 0.111. The zero-order valence-corrected chi connectivity index (χ0v) is 13.3. The quantitative estimate of drug-likeness (QED) is 0.854. The van der Waals surface area contributed by atoms with E-state index in [1.807, 2.05) is 0 Å². The topological polar surface area (TPSA) is 92.8 Å². The number of hydroxylamine groups is 2. The van der Waals surface area contributed by atoms with Crippen molar-refractivity contribution < 1.29 is 24.0 Å². The van der Waals surface area contributed by atoms with Crippen LogP contribution in [0.1, 0.15) is 38.0 Å². The summed E-state index contributed by atoms with van der Waals surface area (Å²) < 4.78 is 0. The molecule has 7 heteroatoms. The van der Waals surface area contributed by atoms with Crippen molar-refractivity contribution in [2.45, 2.75) is 13.0 Å². The number of hydrogen-bond donors (Lipinski definition) is 1. The van der Waals surface area contributed by atoms with Crippen molar-refractivity contribution in [3.63, 3.8) is 0 Å². The van der Waals surface area contributed by atoms with Crippen LogP contribution >= 0.6 is 0 Å². The molecular formula is C18H14N2O5. The van der Waals surface area contributed by atoms with Crippen molar-refractivity contribution >= 4 is 23.7 Å². The smallest absolute Gasteiger partial charge is 0.339 e. The van der Waals surface area contributed by atoms with Gasteiger partial charge in [0.1, 0.15) is 6.04 Å². The first-order chi connectivity index (χ1) is 12.0. The molecule has 0 aromatic heterocycles. The van der Waals surface area contributed by atoms with Crippen molar-refractivity contribution in [2.75, 3.05) is 0 Å². The molecule has 0 spiro atoms. The Morgan fingerprint density at radius 2 is 1.44 bits per heavy atom. The lowest BCUT2D eigenvalue weighted by Crippen LogP contribution is -2.43. The summed E-state index contributed by atoms with van der Waals surface area (Å²) in [5.74, 6) is -2.81. The van der Waals surface area contributed by atoms with Gasteiger partial charge in [-0.3, -0.25) is 14.4 Å². The summed E-state index contributed by atoms with van der Waals surface area (Å²) >= 11 is 0. The Morgan fingerprint density at radius 3 is 2.00 bits per heavy atom. The van der Waals surface area contributed by atoms with Gasteiger partial charge in [-0.1, -0.05) is 35.4 Å². The van der Waals surface area contributed by atoms with E-state index in [1.165, 1.54) is 19.1 Å². The minimum atomic E-state index is -1.04. The minimum absolute atomic E-state index is 0.168. The predicted octanol–water partition coefficient (Wildman–Crippen LogP) is 1.56. The van der Waals surface area contributed by atoms with Crippen LogP contribution in [-0.4, -0.2) is 34.8 Å². The second-order valence-corrected chi connectivity index (χ2v) is 5.42.